The van der Waals surface area contributed by atoms with Crippen molar-refractivity contribution in [3.8, 4) is 5.75 Å². The van der Waals surface area contributed by atoms with Gasteiger partial charge in [-0.2, -0.15) is 0 Å². The molecule has 0 aromatic heterocycles. The second kappa shape index (κ2) is 4.95. The molecule has 1 aromatic carbocycles. The second-order valence-electron chi connectivity index (χ2n) is 2.78. The predicted molar refractivity (Wildman–Crippen MR) is 54.1 cm³/mol. The van der Waals surface area contributed by atoms with Crippen molar-refractivity contribution >= 4 is 11.8 Å². The highest BCUT2D eigenvalue weighted by atomic mass is 16.5. The number of benzene rings is 1. The lowest BCUT2D eigenvalue weighted by molar-refractivity contribution is -0.139. The van der Waals surface area contributed by atoms with Crippen molar-refractivity contribution in [2.75, 3.05) is 6.61 Å². The van der Waals surface area contributed by atoms with Crippen LogP contribution in [0.4, 0.5) is 0 Å². The minimum absolute atomic E-state index is 0.181. The Labute approximate surface area is 86.8 Å². The van der Waals surface area contributed by atoms with Crippen molar-refractivity contribution in [2.45, 2.75) is 0 Å². The van der Waals surface area contributed by atoms with Gasteiger partial charge in [-0.25, -0.2) is 4.79 Å². The summed E-state index contributed by atoms with van der Waals surface area (Å²) in [5, 5.41) is 8.36. The number of aliphatic carboxylic acids is 1. The predicted octanol–water partition coefficient (Wildman–Crippen LogP) is 1.52. The van der Waals surface area contributed by atoms with Crippen LogP contribution in [-0.2, 0) is 4.79 Å². The highest BCUT2D eigenvalue weighted by Crippen LogP contribution is 2.12. The van der Waals surface area contributed by atoms with Gasteiger partial charge in [0.25, 0.3) is 0 Å². The van der Waals surface area contributed by atoms with Crippen LogP contribution < -0.4 is 4.74 Å². The third-order valence-corrected chi connectivity index (χ3v) is 1.69. The molecule has 0 unspecified atom stereocenters. The topological polar surface area (TPSA) is 63.6 Å². The van der Waals surface area contributed by atoms with Gasteiger partial charge in [-0.3, -0.25) is 4.79 Å². The lowest BCUT2D eigenvalue weighted by Gasteiger charge is -2.03. The molecule has 0 fully saturated rings. The Morgan fingerprint density at radius 3 is 2.40 bits per heavy atom. The van der Waals surface area contributed by atoms with Gasteiger partial charge < -0.3 is 9.84 Å². The minimum Gasteiger partial charge on any atom is -0.482 e. The quantitative estimate of drug-likeness (QED) is 0.586. The van der Waals surface area contributed by atoms with E-state index in [1.54, 1.807) is 24.3 Å². The maximum Gasteiger partial charge on any atom is 0.341 e. The monoisotopic (exact) mass is 206 g/mol. The Morgan fingerprint density at radius 1 is 1.33 bits per heavy atom. The summed E-state index contributed by atoms with van der Waals surface area (Å²) in [6.45, 7) is 2.97. The molecule has 4 nitrogen and oxygen atoms in total. The van der Waals surface area contributed by atoms with E-state index in [1.165, 1.54) is 6.08 Å². The zero-order valence-electron chi connectivity index (χ0n) is 7.97. The lowest BCUT2D eigenvalue weighted by Crippen LogP contribution is -2.09. The first-order chi connectivity index (χ1) is 7.13. The first-order valence-corrected chi connectivity index (χ1v) is 4.25. The van der Waals surface area contributed by atoms with E-state index in [9.17, 15) is 9.59 Å². The van der Waals surface area contributed by atoms with Crippen LogP contribution in [-0.4, -0.2) is 23.5 Å². The van der Waals surface area contributed by atoms with Gasteiger partial charge in [-0.05, 0) is 30.3 Å². The van der Waals surface area contributed by atoms with E-state index in [2.05, 4.69) is 6.58 Å². The zero-order valence-corrected chi connectivity index (χ0v) is 7.97. The normalized spacial score (nSPS) is 9.33. The van der Waals surface area contributed by atoms with Crippen LogP contribution in [0, 0.1) is 0 Å². The molecule has 0 radical (unpaired) electrons. The van der Waals surface area contributed by atoms with Gasteiger partial charge in [0.05, 0.1) is 0 Å². The molecule has 0 saturated carbocycles. The van der Waals surface area contributed by atoms with E-state index in [-0.39, 0.29) is 5.78 Å². The molecule has 0 saturated heterocycles. The minimum atomic E-state index is -1.04. The summed E-state index contributed by atoms with van der Waals surface area (Å²) in [5.74, 6) is -0.806. The molecule has 0 aliphatic heterocycles. The number of hydrogen-bond donors (Lipinski definition) is 1. The molecule has 15 heavy (non-hydrogen) atoms. The summed E-state index contributed by atoms with van der Waals surface area (Å²) in [5.41, 5.74) is 0.493. The van der Waals surface area contributed by atoms with E-state index in [4.69, 9.17) is 9.84 Å². The smallest absolute Gasteiger partial charge is 0.341 e. The van der Waals surface area contributed by atoms with Crippen molar-refractivity contribution in [2.24, 2.45) is 0 Å². The Kier molecular flexibility index (Phi) is 3.62. The SMILES string of the molecule is C=CC(=O)c1ccc(OCC(=O)O)cc1. The number of ether oxygens (including phenoxy) is 1. The van der Waals surface area contributed by atoms with Gasteiger partial charge in [-0.1, -0.05) is 6.58 Å². The number of allylic oxidation sites excluding steroid dienone is 1. The van der Waals surface area contributed by atoms with Crippen LogP contribution in [0.3, 0.4) is 0 Å². The molecule has 0 aliphatic rings. The Hall–Kier alpha value is -2.10. The fourth-order valence-corrected chi connectivity index (χ4v) is 0.978. The molecule has 0 amide bonds. The van der Waals surface area contributed by atoms with Gasteiger partial charge >= 0.3 is 5.97 Å². The Morgan fingerprint density at radius 2 is 1.93 bits per heavy atom. The summed E-state index contributed by atoms with van der Waals surface area (Å²) >= 11 is 0. The van der Waals surface area contributed by atoms with Crippen molar-refractivity contribution in [3.63, 3.8) is 0 Å². The molecule has 0 atom stereocenters. The average Bonchev–Trinajstić information content (AvgIpc) is 2.26. The molecule has 1 aromatic rings. The largest absolute Gasteiger partial charge is 0.482 e. The molecule has 1 rings (SSSR count). The molecule has 0 spiro atoms. The number of ketones is 1. The molecule has 0 heterocycles. The summed E-state index contributed by atoms with van der Waals surface area (Å²) in [6, 6.07) is 6.20. The molecule has 1 N–H and O–H groups in total. The Balaban J connectivity index is 2.68. The molecular weight excluding hydrogens is 196 g/mol. The average molecular weight is 206 g/mol. The van der Waals surface area contributed by atoms with Gasteiger partial charge in [0.2, 0.25) is 0 Å². The molecule has 0 bridgehead atoms. The number of carbonyl (C=O) groups is 2. The van der Waals surface area contributed by atoms with Gasteiger partial charge in [0.15, 0.2) is 12.4 Å². The van der Waals surface area contributed by atoms with Crippen LogP contribution in [0.25, 0.3) is 0 Å². The van der Waals surface area contributed by atoms with E-state index >= 15 is 0 Å². The van der Waals surface area contributed by atoms with Crippen LogP contribution in [0.1, 0.15) is 10.4 Å². The van der Waals surface area contributed by atoms with Crippen molar-refractivity contribution < 1.29 is 19.4 Å². The third-order valence-electron chi connectivity index (χ3n) is 1.69. The van der Waals surface area contributed by atoms with Crippen LogP contribution >= 0.6 is 0 Å². The van der Waals surface area contributed by atoms with Crippen LogP contribution in [0.15, 0.2) is 36.9 Å². The first kappa shape index (κ1) is 11.0. The standard InChI is InChI=1S/C11H10O4/c1-2-10(12)8-3-5-9(6-4-8)15-7-11(13)14/h2-6H,1,7H2,(H,13,14). The molecule has 0 aliphatic carbocycles. The van der Waals surface area contributed by atoms with Crippen molar-refractivity contribution in [1.82, 2.24) is 0 Å². The van der Waals surface area contributed by atoms with Crippen molar-refractivity contribution in [3.05, 3.63) is 42.5 Å². The van der Waals surface area contributed by atoms with Gasteiger partial charge in [0.1, 0.15) is 5.75 Å². The maximum atomic E-state index is 11.1. The van der Waals surface area contributed by atoms with Gasteiger partial charge in [0, 0.05) is 5.56 Å². The number of carbonyl (C=O) groups excluding carboxylic acids is 1. The molecule has 4 heteroatoms. The molecular formula is C11H10O4. The van der Waals surface area contributed by atoms with Gasteiger partial charge in [-0.15, -0.1) is 0 Å². The molecule has 78 valence electrons. The fraction of sp³-hybridized carbons (Fsp3) is 0.0909. The van der Waals surface area contributed by atoms with E-state index in [0.717, 1.165) is 0 Å². The summed E-state index contributed by atoms with van der Waals surface area (Å²) < 4.78 is 4.90. The highest BCUT2D eigenvalue weighted by Gasteiger charge is 2.02. The lowest BCUT2D eigenvalue weighted by atomic mass is 10.1. The number of hydrogen-bond acceptors (Lipinski definition) is 3. The number of carboxylic acid groups (broad SMARTS) is 1. The second-order valence-corrected chi connectivity index (χ2v) is 2.78. The van der Waals surface area contributed by atoms with E-state index < -0.39 is 12.6 Å². The summed E-state index contributed by atoms with van der Waals surface area (Å²) in [4.78, 5) is 21.3. The highest BCUT2D eigenvalue weighted by molar-refractivity contribution is 6.04. The van der Waals surface area contributed by atoms with E-state index in [0.29, 0.717) is 11.3 Å². The maximum absolute atomic E-state index is 11.1. The summed E-state index contributed by atoms with van der Waals surface area (Å²) in [6.07, 6.45) is 1.22. The Bertz CT molecular complexity index is 378. The summed E-state index contributed by atoms with van der Waals surface area (Å²) in [7, 11) is 0. The zero-order chi connectivity index (χ0) is 11.3. The number of carboxylic acids is 1. The van der Waals surface area contributed by atoms with Crippen LogP contribution in [0.2, 0.25) is 0 Å². The third kappa shape index (κ3) is 3.27. The fourth-order valence-electron chi connectivity index (χ4n) is 0.978. The van der Waals surface area contributed by atoms with Crippen LogP contribution in [0.5, 0.6) is 5.75 Å². The van der Waals surface area contributed by atoms with E-state index in [1.807, 2.05) is 0 Å². The number of rotatable bonds is 5. The van der Waals surface area contributed by atoms with Crippen molar-refractivity contribution in [1.29, 1.82) is 0 Å². The first-order valence-electron chi connectivity index (χ1n) is 4.25.